The standard InChI is InChI=1S/C14H20IN3O2/c1-9(2)17-13(19)6-7-16-14(20)18-12-5-4-11(15)8-10(12)3/h4-5,8-9H,6-7H2,1-3H3,(H,17,19)(H2,16,18,20). The van der Waals surface area contributed by atoms with E-state index in [9.17, 15) is 9.59 Å². The van der Waals surface area contributed by atoms with Crippen LogP contribution >= 0.6 is 22.6 Å². The smallest absolute Gasteiger partial charge is 0.319 e. The molecule has 5 nitrogen and oxygen atoms in total. The minimum absolute atomic E-state index is 0.0641. The number of amides is 3. The van der Waals surface area contributed by atoms with Gasteiger partial charge in [0.05, 0.1) is 0 Å². The van der Waals surface area contributed by atoms with Crippen LogP contribution in [0.25, 0.3) is 0 Å². The Morgan fingerprint density at radius 3 is 2.60 bits per heavy atom. The number of anilines is 1. The van der Waals surface area contributed by atoms with Gasteiger partial charge >= 0.3 is 6.03 Å². The highest BCUT2D eigenvalue weighted by molar-refractivity contribution is 14.1. The molecule has 0 aliphatic heterocycles. The molecule has 0 aliphatic carbocycles. The largest absolute Gasteiger partial charge is 0.354 e. The molecule has 0 unspecified atom stereocenters. The second kappa shape index (κ2) is 8.08. The number of carbonyl (C=O) groups excluding carboxylic acids is 2. The fourth-order valence-corrected chi connectivity index (χ4v) is 2.26. The summed E-state index contributed by atoms with van der Waals surface area (Å²) in [5.41, 5.74) is 1.78. The second-order valence-corrected chi connectivity index (χ2v) is 6.06. The highest BCUT2D eigenvalue weighted by atomic mass is 127. The minimum atomic E-state index is -0.299. The van der Waals surface area contributed by atoms with E-state index in [1.54, 1.807) is 0 Å². The van der Waals surface area contributed by atoms with Crippen LogP contribution in [0.3, 0.4) is 0 Å². The average Bonchev–Trinajstić information content (AvgIpc) is 2.31. The summed E-state index contributed by atoms with van der Waals surface area (Å²) in [4.78, 5) is 23.1. The Labute approximate surface area is 133 Å². The molecule has 110 valence electrons. The number of aryl methyl sites for hydroxylation is 1. The topological polar surface area (TPSA) is 70.2 Å². The molecule has 0 heterocycles. The van der Waals surface area contributed by atoms with Gasteiger partial charge in [0.25, 0.3) is 0 Å². The lowest BCUT2D eigenvalue weighted by Crippen LogP contribution is -2.35. The highest BCUT2D eigenvalue weighted by Gasteiger charge is 2.06. The van der Waals surface area contributed by atoms with Gasteiger partial charge in [-0.15, -0.1) is 0 Å². The van der Waals surface area contributed by atoms with Gasteiger partial charge in [-0.3, -0.25) is 4.79 Å². The average molecular weight is 389 g/mol. The van der Waals surface area contributed by atoms with E-state index in [1.165, 1.54) is 0 Å². The first-order valence-electron chi connectivity index (χ1n) is 6.49. The van der Waals surface area contributed by atoms with E-state index in [0.717, 1.165) is 14.8 Å². The van der Waals surface area contributed by atoms with Crippen molar-refractivity contribution in [3.05, 3.63) is 27.3 Å². The zero-order valence-corrected chi connectivity index (χ0v) is 14.1. The maximum Gasteiger partial charge on any atom is 0.319 e. The summed E-state index contributed by atoms with van der Waals surface area (Å²) in [6.45, 7) is 6.05. The van der Waals surface area contributed by atoms with Crippen LogP contribution in [0.15, 0.2) is 18.2 Å². The molecular weight excluding hydrogens is 369 g/mol. The fraction of sp³-hybridized carbons (Fsp3) is 0.429. The lowest BCUT2D eigenvalue weighted by Gasteiger charge is -2.11. The van der Waals surface area contributed by atoms with Crippen molar-refractivity contribution in [3.8, 4) is 0 Å². The van der Waals surface area contributed by atoms with Crippen LogP contribution in [-0.4, -0.2) is 24.5 Å². The van der Waals surface area contributed by atoms with Crippen molar-refractivity contribution in [1.82, 2.24) is 10.6 Å². The van der Waals surface area contributed by atoms with Gasteiger partial charge in [0.1, 0.15) is 0 Å². The van der Waals surface area contributed by atoms with E-state index in [-0.39, 0.29) is 24.4 Å². The molecule has 0 saturated carbocycles. The number of nitrogens with one attached hydrogen (secondary N) is 3. The van der Waals surface area contributed by atoms with Gasteiger partial charge in [-0.2, -0.15) is 0 Å². The van der Waals surface area contributed by atoms with Crippen molar-refractivity contribution in [2.45, 2.75) is 33.2 Å². The molecule has 6 heteroatoms. The van der Waals surface area contributed by atoms with Gasteiger partial charge in [-0.1, -0.05) is 0 Å². The van der Waals surface area contributed by atoms with Gasteiger partial charge in [0, 0.05) is 28.3 Å². The zero-order valence-electron chi connectivity index (χ0n) is 11.9. The molecule has 0 radical (unpaired) electrons. The number of carbonyl (C=O) groups is 2. The third-order valence-corrected chi connectivity index (χ3v) is 3.19. The first-order valence-corrected chi connectivity index (χ1v) is 7.56. The van der Waals surface area contributed by atoms with Crippen molar-refractivity contribution < 1.29 is 9.59 Å². The van der Waals surface area contributed by atoms with Crippen LogP contribution in [0.2, 0.25) is 0 Å². The van der Waals surface area contributed by atoms with Crippen molar-refractivity contribution >= 4 is 40.2 Å². The maximum atomic E-state index is 11.7. The second-order valence-electron chi connectivity index (χ2n) is 4.81. The molecule has 0 saturated heterocycles. The number of halogens is 1. The normalized spacial score (nSPS) is 10.2. The van der Waals surface area contributed by atoms with Crippen LogP contribution in [0.1, 0.15) is 25.8 Å². The summed E-state index contributed by atoms with van der Waals surface area (Å²) in [6, 6.07) is 5.60. The molecule has 20 heavy (non-hydrogen) atoms. The van der Waals surface area contributed by atoms with Gasteiger partial charge in [0.15, 0.2) is 0 Å². The molecule has 0 aliphatic rings. The van der Waals surface area contributed by atoms with Crippen molar-refractivity contribution in [1.29, 1.82) is 0 Å². The van der Waals surface area contributed by atoms with E-state index in [2.05, 4.69) is 38.5 Å². The van der Waals surface area contributed by atoms with Gasteiger partial charge < -0.3 is 16.0 Å². The summed E-state index contributed by atoms with van der Waals surface area (Å²) < 4.78 is 1.12. The summed E-state index contributed by atoms with van der Waals surface area (Å²) in [5, 5.41) is 8.20. The van der Waals surface area contributed by atoms with Crippen molar-refractivity contribution in [2.24, 2.45) is 0 Å². The number of hydrogen-bond donors (Lipinski definition) is 3. The minimum Gasteiger partial charge on any atom is -0.354 e. The Balaban J connectivity index is 2.35. The van der Waals surface area contributed by atoms with E-state index in [4.69, 9.17) is 0 Å². The third-order valence-electron chi connectivity index (χ3n) is 2.52. The predicted octanol–water partition coefficient (Wildman–Crippen LogP) is 2.64. The Bertz CT molecular complexity index is 489. The summed E-state index contributed by atoms with van der Waals surface area (Å²) >= 11 is 2.22. The summed E-state index contributed by atoms with van der Waals surface area (Å²) in [7, 11) is 0. The number of urea groups is 1. The van der Waals surface area contributed by atoms with Crippen molar-refractivity contribution in [2.75, 3.05) is 11.9 Å². The lowest BCUT2D eigenvalue weighted by atomic mass is 10.2. The van der Waals surface area contributed by atoms with Crippen molar-refractivity contribution in [3.63, 3.8) is 0 Å². The first-order chi connectivity index (χ1) is 9.38. The molecule has 1 aromatic carbocycles. The predicted molar refractivity (Wildman–Crippen MR) is 88.8 cm³/mol. The third kappa shape index (κ3) is 6.23. The number of benzene rings is 1. The van der Waals surface area contributed by atoms with E-state index >= 15 is 0 Å². The molecule has 0 fully saturated rings. The highest BCUT2D eigenvalue weighted by Crippen LogP contribution is 2.17. The first kappa shape index (κ1) is 16.7. The zero-order chi connectivity index (χ0) is 15.1. The lowest BCUT2D eigenvalue weighted by molar-refractivity contribution is -0.121. The SMILES string of the molecule is Cc1cc(I)ccc1NC(=O)NCCC(=O)NC(C)C. The van der Waals surface area contributed by atoms with Crippen LogP contribution in [0.4, 0.5) is 10.5 Å². The Hall–Kier alpha value is -1.31. The van der Waals surface area contributed by atoms with E-state index < -0.39 is 0 Å². The monoisotopic (exact) mass is 389 g/mol. The Kier molecular flexibility index (Phi) is 6.77. The van der Waals surface area contributed by atoms with Gasteiger partial charge in [0.2, 0.25) is 5.91 Å². The Morgan fingerprint density at radius 2 is 2.00 bits per heavy atom. The fourth-order valence-electron chi connectivity index (χ4n) is 1.62. The molecule has 0 atom stereocenters. The van der Waals surface area contributed by atoms with Gasteiger partial charge in [-0.25, -0.2) is 4.79 Å². The molecule has 0 aromatic heterocycles. The molecule has 1 rings (SSSR count). The summed E-state index contributed by atoms with van der Waals surface area (Å²) in [6.07, 6.45) is 0.275. The molecular formula is C14H20IN3O2. The van der Waals surface area contributed by atoms with Crippen LogP contribution in [-0.2, 0) is 4.79 Å². The molecule has 0 spiro atoms. The molecule has 0 bridgehead atoms. The molecule has 3 amide bonds. The van der Waals surface area contributed by atoms with E-state index in [1.807, 2.05) is 39.0 Å². The van der Waals surface area contributed by atoms with Gasteiger partial charge in [-0.05, 0) is 67.1 Å². The van der Waals surface area contributed by atoms with Crippen LogP contribution in [0.5, 0.6) is 0 Å². The Morgan fingerprint density at radius 1 is 1.30 bits per heavy atom. The quantitative estimate of drug-likeness (QED) is 0.678. The van der Waals surface area contributed by atoms with Crippen LogP contribution in [0, 0.1) is 10.5 Å². The summed E-state index contributed by atoms with van der Waals surface area (Å²) in [5.74, 6) is -0.0641. The van der Waals surface area contributed by atoms with E-state index in [0.29, 0.717) is 6.54 Å². The molecule has 1 aromatic rings. The van der Waals surface area contributed by atoms with Crippen LogP contribution < -0.4 is 16.0 Å². The number of hydrogen-bond acceptors (Lipinski definition) is 2. The number of rotatable bonds is 5. The maximum absolute atomic E-state index is 11.7. The molecule has 3 N–H and O–H groups in total.